The molecule has 2 aliphatic rings. The molecule has 158 valence electrons. The Balaban J connectivity index is 1.54. The van der Waals surface area contributed by atoms with Gasteiger partial charge in [-0.15, -0.1) is 0 Å². The predicted octanol–water partition coefficient (Wildman–Crippen LogP) is 3.69. The number of likely N-dealkylation sites (tertiary alicyclic amines) is 1. The summed E-state index contributed by atoms with van der Waals surface area (Å²) in [7, 11) is 2.05. The van der Waals surface area contributed by atoms with Crippen molar-refractivity contribution in [3.63, 3.8) is 0 Å². The van der Waals surface area contributed by atoms with Gasteiger partial charge < -0.3 is 14.9 Å². The van der Waals surface area contributed by atoms with Gasteiger partial charge in [0.25, 0.3) is 0 Å². The molecule has 0 bridgehead atoms. The first kappa shape index (κ1) is 19.8. The van der Waals surface area contributed by atoms with Crippen LogP contribution in [-0.4, -0.2) is 47.1 Å². The van der Waals surface area contributed by atoms with Gasteiger partial charge in [-0.25, -0.2) is 0 Å². The van der Waals surface area contributed by atoms with E-state index in [1.54, 1.807) is 6.20 Å². The summed E-state index contributed by atoms with van der Waals surface area (Å²) in [5.74, 6) is 0.310. The molecular formula is C26H27N3O2. The van der Waals surface area contributed by atoms with Crippen molar-refractivity contribution in [3.05, 3.63) is 84.2 Å². The maximum absolute atomic E-state index is 13.3. The molecule has 0 saturated carbocycles. The van der Waals surface area contributed by atoms with Crippen LogP contribution in [0.4, 0.5) is 5.69 Å². The van der Waals surface area contributed by atoms with E-state index < -0.39 is 0 Å². The Bertz CT molecular complexity index is 1070. The van der Waals surface area contributed by atoms with Crippen LogP contribution in [0.5, 0.6) is 0 Å². The lowest BCUT2D eigenvalue weighted by Crippen LogP contribution is -2.48. The van der Waals surface area contributed by atoms with Crippen molar-refractivity contribution in [2.24, 2.45) is 5.92 Å². The molecule has 1 amide bonds. The van der Waals surface area contributed by atoms with Crippen molar-refractivity contribution in [2.45, 2.75) is 24.9 Å². The number of anilines is 1. The molecule has 31 heavy (non-hydrogen) atoms. The summed E-state index contributed by atoms with van der Waals surface area (Å²) in [5, 5.41) is 10.2. The van der Waals surface area contributed by atoms with Crippen molar-refractivity contribution < 1.29 is 9.90 Å². The molecule has 0 aliphatic carbocycles. The minimum absolute atomic E-state index is 0.00715. The average Bonchev–Trinajstić information content (AvgIpc) is 3.26. The van der Waals surface area contributed by atoms with Gasteiger partial charge in [0, 0.05) is 37.1 Å². The number of fused-ring (bicyclic) bond motifs is 3. The monoisotopic (exact) mass is 413 g/mol. The standard InChI is InChI=1S/C26H27N3O2/c1-28-23-11-10-19(18-7-3-2-4-8-18)15-22(23)26-21(24(28)17-30)12-14-29(26)25(31)16-20-9-5-6-13-27-20/h2-11,13,15,21,24,26,30H,12,14,16-17H2,1H3/t21-,24-,26-/m0/s1. The van der Waals surface area contributed by atoms with Crippen LogP contribution in [0.15, 0.2) is 72.9 Å². The fraction of sp³-hybridized carbons (Fsp3) is 0.308. The third kappa shape index (κ3) is 3.49. The zero-order chi connectivity index (χ0) is 21.4. The van der Waals surface area contributed by atoms with Gasteiger partial charge in [-0.2, -0.15) is 0 Å². The number of likely N-dealkylation sites (N-methyl/N-ethyl adjacent to an activating group) is 1. The number of nitrogens with zero attached hydrogens (tertiary/aromatic N) is 3. The second-order valence-corrected chi connectivity index (χ2v) is 8.48. The van der Waals surface area contributed by atoms with E-state index in [9.17, 15) is 9.90 Å². The van der Waals surface area contributed by atoms with Crippen LogP contribution >= 0.6 is 0 Å². The summed E-state index contributed by atoms with van der Waals surface area (Å²) in [5.41, 5.74) is 5.37. The zero-order valence-corrected chi connectivity index (χ0v) is 17.7. The van der Waals surface area contributed by atoms with Crippen LogP contribution < -0.4 is 4.90 Å². The topological polar surface area (TPSA) is 56.7 Å². The Morgan fingerprint density at radius 1 is 1.06 bits per heavy atom. The van der Waals surface area contributed by atoms with Crippen LogP contribution in [0.3, 0.4) is 0 Å². The molecule has 3 aromatic rings. The largest absolute Gasteiger partial charge is 0.394 e. The van der Waals surface area contributed by atoms with E-state index in [0.717, 1.165) is 28.9 Å². The quantitative estimate of drug-likeness (QED) is 0.709. The number of aromatic nitrogens is 1. The second-order valence-electron chi connectivity index (χ2n) is 8.48. The Morgan fingerprint density at radius 2 is 1.87 bits per heavy atom. The number of aliphatic hydroxyl groups is 1. The fourth-order valence-electron chi connectivity index (χ4n) is 5.30. The van der Waals surface area contributed by atoms with Gasteiger partial charge in [0.1, 0.15) is 0 Å². The molecule has 0 unspecified atom stereocenters. The molecular weight excluding hydrogens is 386 g/mol. The number of benzene rings is 2. The number of pyridine rings is 1. The number of aliphatic hydroxyl groups excluding tert-OH is 1. The molecule has 3 heterocycles. The van der Waals surface area contributed by atoms with Crippen LogP contribution in [0.2, 0.25) is 0 Å². The predicted molar refractivity (Wildman–Crippen MR) is 122 cm³/mol. The summed E-state index contributed by atoms with van der Waals surface area (Å²) < 4.78 is 0. The Hall–Kier alpha value is -3.18. The average molecular weight is 414 g/mol. The molecule has 5 nitrogen and oxygen atoms in total. The highest BCUT2D eigenvalue weighted by Crippen LogP contribution is 2.49. The lowest BCUT2D eigenvalue weighted by Gasteiger charge is -2.44. The van der Waals surface area contributed by atoms with Gasteiger partial charge in [-0.3, -0.25) is 9.78 Å². The molecule has 5 rings (SSSR count). The summed E-state index contributed by atoms with van der Waals surface area (Å²) in [6.45, 7) is 0.792. The van der Waals surface area contributed by atoms with Gasteiger partial charge >= 0.3 is 0 Å². The highest BCUT2D eigenvalue weighted by atomic mass is 16.3. The molecule has 1 N–H and O–H groups in total. The SMILES string of the molecule is CN1c2ccc(-c3ccccc3)cc2[C@@H]2[C@@H](CCN2C(=O)Cc2ccccn2)[C@@H]1CO. The van der Waals surface area contributed by atoms with Crippen LogP contribution in [0.1, 0.15) is 23.7 Å². The summed E-state index contributed by atoms with van der Waals surface area (Å²) in [6.07, 6.45) is 2.93. The second kappa shape index (κ2) is 8.16. The molecule has 1 fully saturated rings. The first-order valence-corrected chi connectivity index (χ1v) is 10.9. The van der Waals surface area contributed by atoms with Gasteiger partial charge in [0.15, 0.2) is 0 Å². The minimum Gasteiger partial charge on any atom is -0.394 e. The van der Waals surface area contributed by atoms with E-state index in [0.29, 0.717) is 13.0 Å². The molecule has 2 aliphatic heterocycles. The third-order valence-electron chi connectivity index (χ3n) is 6.84. The van der Waals surface area contributed by atoms with E-state index in [1.165, 1.54) is 5.56 Å². The van der Waals surface area contributed by atoms with Crippen molar-refractivity contribution >= 4 is 11.6 Å². The van der Waals surface area contributed by atoms with E-state index in [-0.39, 0.29) is 30.5 Å². The van der Waals surface area contributed by atoms with Gasteiger partial charge in [0.05, 0.1) is 25.1 Å². The first-order chi connectivity index (χ1) is 15.2. The highest BCUT2D eigenvalue weighted by molar-refractivity contribution is 5.80. The number of hydrogen-bond donors (Lipinski definition) is 1. The lowest BCUT2D eigenvalue weighted by atomic mass is 9.81. The highest BCUT2D eigenvalue weighted by Gasteiger charge is 2.47. The van der Waals surface area contributed by atoms with Crippen molar-refractivity contribution in [1.29, 1.82) is 0 Å². The molecule has 3 atom stereocenters. The van der Waals surface area contributed by atoms with Crippen molar-refractivity contribution in [2.75, 3.05) is 25.1 Å². The molecule has 2 aromatic carbocycles. The number of amides is 1. The van der Waals surface area contributed by atoms with Crippen molar-refractivity contribution in [3.8, 4) is 11.1 Å². The molecule has 0 spiro atoms. The van der Waals surface area contributed by atoms with Crippen LogP contribution in [0.25, 0.3) is 11.1 Å². The molecule has 0 radical (unpaired) electrons. The lowest BCUT2D eigenvalue weighted by molar-refractivity contribution is -0.132. The normalized spacial score (nSPS) is 22.2. The smallest absolute Gasteiger partial charge is 0.229 e. The summed E-state index contributed by atoms with van der Waals surface area (Å²) in [4.78, 5) is 21.9. The number of hydrogen-bond acceptors (Lipinski definition) is 4. The van der Waals surface area contributed by atoms with Crippen LogP contribution in [-0.2, 0) is 11.2 Å². The van der Waals surface area contributed by atoms with E-state index in [2.05, 4.69) is 47.3 Å². The Morgan fingerprint density at radius 3 is 2.61 bits per heavy atom. The van der Waals surface area contributed by atoms with E-state index in [1.807, 2.05) is 41.3 Å². The fourth-order valence-corrected chi connectivity index (χ4v) is 5.30. The third-order valence-corrected chi connectivity index (χ3v) is 6.84. The van der Waals surface area contributed by atoms with Gasteiger partial charge in [0.2, 0.25) is 5.91 Å². The summed E-state index contributed by atoms with van der Waals surface area (Å²) >= 11 is 0. The van der Waals surface area contributed by atoms with E-state index in [4.69, 9.17) is 0 Å². The zero-order valence-electron chi connectivity index (χ0n) is 17.7. The van der Waals surface area contributed by atoms with E-state index >= 15 is 0 Å². The minimum atomic E-state index is -0.0248. The van der Waals surface area contributed by atoms with Gasteiger partial charge in [-0.1, -0.05) is 42.5 Å². The Kier molecular flexibility index (Phi) is 5.20. The van der Waals surface area contributed by atoms with Crippen LogP contribution in [0, 0.1) is 5.92 Å². The maximum atomic E-state index is 13.3. The molecule has 1 aromatic heterocycles. The Labute approximate surface area is 183 Å². The number of carbonyl (C=O) groups excluding carboxylic acids is 1. The molecule has 5 heteroatoms. The molecule has 1 saturated heterocycles. The van der Waals surface area contributed by atoms with Crippen molar-refractivity contribution in [1.82, 2.24) is 9.88 Å². The van der Waals surface area contributed by atoms with Gasteiger partial charge in [-0.05, 0) is 47.4 Å². The first-order valence-electron chi connectivity index (χ1n) is 10.9. The number of rotatable bonds is 4. The maximum Gasteiger partial charge on any atom is 0.229 e. The summed E-state index contributed by atoms with van der Waals surface area (Å²) in [6, 6.07) is 22.5. The number of carbonyl (C=O) groups is 1.